The Bertz CT molecular complexity index is 370. The summed E-state index contributed by atoms with van der Waals surface area (Å²) in [6.07, 6.45) is 4.93. The van der Waals surface area contributed by atoms with Crippen LogP contribution in [0.4, 0.5) is 0 Å². The smallest absolute Gasteiger partial charge is 0.123 e. The predicted octanol–water partition coefficient (Wildman–Crippen LogP) is 0.662. The van der Waals surface area contributed by atoms with E-state index in [1.165, 1.54) is 6.33 Å². The first-order valence-electron chi connectivity index (χ1n) is 3.65. The minimum Gasteiger partial charge on any atom is -0.287 e. The van der Waals surface area contributed by atoms with Crippen molar-refractivity contribution in [3.63, 3.8) is 0 Å². The molecular weight excluding hydrogens is 140 g/mol. The maximum Gasteiger partial charge on any atom is 0.123 e. The largest absolute Gasteiger partial charge is 0.287 e. The summed E-state index contributed by atoms with van der Waals surface area (Å²) in [5.41, 5.74) is 0.799. The van der Waals surface area contributed by atoms with Crippen molar-refractivity contribution >= 4 is 0 Å². The summed E-state index contributed by atoms with van der Waals surface area (Å²) in [6.45, 7) is 0. The fourth-order valence-corrected chi connectivity index (χ4v) is 0.798. The van der Waals surface area contributed by atoms with Gasteiger partial charge in [-0.2, -0.15) is 0 Å². The van der Waals surface area contributed by atoms with E-state index in [1.54, 1.807) is 23.0 Å². The summed E-state index contributed by atoms with van der Waals surface area (Å²) < 4.78 is 8.90. The highest BCUT2D eigenvalue weighted by atomic mass is 15.2. The van der Waals surface area contributed by atoms with Crippen LogP contribution in [-0.2, 0) is 0 Å². The molecule has 0 bridgehead atoms. The third-order valence-electron chi connectivity index (χ3n) is 1.30. The Balaban J connectivity index is 2.51. The van der Waals surface area contributed by atoms with Gasteiger partial charge in [-0.25, -0.2) is 0 Å². The van der Waals surface area contributed by atoms with E-state index in [1.807, 2.05) is 6.07 Å². The minimum absolute atomic E-state index is 0.114. The maximum atomic E-state index is 7.35. The van der Waals surface area contributed by atoms with Gasteiger partial charge in [0, 0.05) is 6.20 Å². The van der Waals surface area contributed by atoms with Crippen LogP contribution in [0.1, 0.15) is 1.37 Å². The topological polar surface area (TPSA) is 43.6 Å². The van der Waals surface area contributed by atoms with Crippen LogP contribution >= 0.6 is 0 Å². The van der Waals surface area contributed by atoms with Crippen LogP contribution in [0.15, 0.2) is 37.2 Å². The van der Waals surface area contributed by atoms with E-state index in [0.717, 1.165) is 5.69 Å². The van der Waals surface area contributed by atoms with E-state index in [9.17, 15) is 0 Å². The standard InChI is InChI=1S/C7H6N4/c1-2-7(4-8-3-1)11-5-9-10-6-11/h1-6H/i5D. The van der Waals surface area contributed by atoms with Crippen molar-refractivity contribution < 1.29 is 1.37 Å². The zero-order chi connectivity index (χ0) is 8.39. The first-order chi connectivity index (χ1) is 5.88. The van der Waals surface area contributed by atoms with E-state index in [2.05, 4.69) is 15.2 Å². The molecule has 4 nitrogen and oxygen atoms in total. The molecule has 0 fully saturated rings. The Morgan fingerprint density at radius 1 is 1.45 bits per heavy atom. The molecule has 0 aliphatic rings. The Morgan fingerprint density at radius 2 is 2.45 bits per heavy atom. The fraction of sp³-hybridized carbons (Fsp3) is 0. The first-order valence-corrected chi connectivity index (χ1v) is 3.15. The highest BCUT2D eigenvalue weighted by Crippen LogP contribution is 2.00. The molecule has 0 N–H and O–H groups in total. The van der Waals surface area contributed by atoms with Gasteiger partial charge in [-0.15, -0.1) is 10.2 Å². The molecule has 0 saturated heterocycles. The monoisotopic (exact) mass is 147 g/mol. The molecule has 0 aliphatic heterocycles. The molecule has 2 aromatic rings. The van der Waals surface area contributed by atoms with E-state index in [0.29, 0.717) is 0 Å². The van der Waals surface area contributed by atoms with Crippen molar-refractivity contribution in [3.05, 3.63) is 37.2 Å². The van der Waals surface area contributed by atoms with Crippen molar-refractivity contribution in [1.82, 2.24) is 19.7 Å². The van der Waals surface area contributed by atoms with Gasteiger partial charge in [0.25, 0.3) is 0 Å². The van der Waals surface area contributed by atoms with E-state index < -0.39 is 0 Å². The number of aromatic nitrogens is 4. The number of nitrogens with zero attached hydrogens (tertiary/aromatic N) is 4. The number of pyridine rings is 1. The third kappa shape index (κ3) is 1.10. The summed E-state index contributed by atoms with van der Waals surface area (Å²) in [5.74, 6) is 0. The molecule has 0 aliphatic carbocycles. The fourth-order valence-electron chi connectivity index (χ4n) is 0.798. The third-order valence-corrected chi connectivity index (χ3v) is 1.30. The summed E-state index contributed by atoms with van der Waals surface area (Å²) in [4.78, 5) is 3.92. The maximum absolute atomic E-state index is 7.35. The molecule has 0 radical (unpaired) electrons. The quantitative estimate of drug-likeness (QED) is 0.595. The summed E-state index contributed by atoms with van der Waals surface area (Å²) in [6, 6.07) is 3.64. The molecule has 2 rings (SSSR count). The molecule has 0 amide bonds. The van der Waals surface area contributed by atoms with Crippen molar-refractivity contribution in [2.24, 2.45) is 0 Å². The Hall–Kier alpha value is -1.71. The summed E-state index contributed by atoms with van der Waals surface area (Å²) in [7, 11) is 0. The van der Waals surface area contributed by atoms with Crippen LogP contribution in [-0.4, -0.2) is 19.7 Å². The van der Waals surface area contributed by atoms with Gasteiger partial charge in [0.15, 0.2) is 0 Å². The number of hydrogen-bond donors (Lipinski definition) is 0. The van der Waals surface area contributed by atoms with Gasteiger partial charge >= 0.3 is 0 Å². The van der Waals surface area contributed by atoms with Crippen LogP contribution in [0.25, 0.3) is 5.69 Å². The summed E-state index contributed by atoms with van der Waals surface area (Å²) >= 11 is 0. The van der Waals surface area contributed by atoms with Gasteiger partial charge in [0.05, 0.1) is 11.9 Å². The lowest BCUT2D eigenvalue weighted by molar-refractivity contribution is 1.04. The Morgan fingerprint density at radius 3 is 3.09 bits per heavy atom. The molecular formula is C7H6N4. The van der Waals surface area contributed by atoms with Crippen molar-refractivity contribution in [2.45, 2.75) is 0 Å². The van der Waals surface area contributed by atoms with Crippen LogP contribution in [0, 0.1) is 0 Å². The second-order valence-electron chi connectivity index (χ2n) is 2.01. The van der Waals surface area contributed by atoms with E-state index in [-0.39, 0.29) is 6.30 Å². The normalized spacial score (nSPS) is 11.1. The van der Waals surface area contributed by atoms with E-state index in [4.69, 9.17) is 1.37 Å². The molecule has 0 saturated carbocycles. The minimum atomic E-state index is 0.114. The lowest BCUT2D eigenvalue weighted by Gasteiger charge is -1.96. The van der Waals surface area contributed by atoms with Crippen LogP contribution in [0.5, 0.6) is 0 Å². The zero-order valence-electron chi connectivity index (χ0n) is 6.68. The Labute approximate surface area is 64.9 Å². The lowest BCUT2D eigenvalue weighted by Crippen LogP contribution is -1.89. The Kier molecular flexibility index (Phi) is 1.14. The molecule has 11 heavy (non-hydrogen) atoms. The molecule has 2 heterocycles. The molecule has 54 valence electrons. The number of rotatable bonds is 1. The highest BCUT2D eigenvalue weighted by molar-refractivity contribution is 5.26. The summed E-state index contributed by atoms with van der Waals surface area (Å²) in [5, 5.41) is 7.14. The molecule has 2 aromatic heterocycles. The SMILES string of the molecule is [2H]c1nncn1-c1cccnc1. The lowest BCUT2D eigenvalue weighted by atomic mass is 10.4. The number of hydrogen-bond acceptors (Lipinski definition) is 3. The first kappa shape index (κ1) is 5.01. The van der Waals surface area contributed by atoms with Crippen LogP contribution in [0.2, 0.25) is 0 Å². The molecule has 0 aromatic carbocycles. The van der Waals surface area contributed by atoms with Crippen molar-refractivity contribution in [1.29, 1.82) is 0 Å². The van der Waals surface area contributed by atoms with Gasteiger partial charge < -0.3 is 0 Å². The van der Waals surface area contributed by atoms with Crippen molar-refractivity contribution in [2.75, 3.05) is 0 Å². The molecule has 4 heteroatoms. The average molecular weight is 147 g/mol. The van der Waals surface area contributed by atoms with Crippen molar-refractivity contribution in [3.8, 4) is 5.69 Å². The van der Waals surface area contributed by atoms with Gasteiger partial charge in [0.1, 0.15) is 14.0 Å². The second-order valence-corrected chi connectivity index (χ2v) is 2.01. The van der Waals surface area contributed by atoms with Gasteiger partial charge in [-0.1, -0.05) is 0 Å². The molecule has 0 unspecified atom stereocenters. The zero-order valence-corrected chi connectivity index (χ0v) is 5.68. The average Bonchev–Trinajstić information content (AvgIpc) is 2.53. The highest BCUT2D eigenvalue weighted by Gasteiger charge is 1.91. The van der Waals surface area contributed by atoms with E-state index >= 15 is 0 Å². The molecule has 0 spiro atoms. The van der Waals surface area contributed by atoms with Crippen LogP contribution < -0.4 is 0 Å². The van der Waals surface area contributed by atoms with Crippen LogP contribution in [0.3, 0.4) is 0 Å². The van der Waals surface area contributed by atoms with Gasteiger partial charge in [-0.05, 0) is 12.1 Å². The second kappa shape index (κ2) is 2.49. The molecule has 0 atom stereocenters. The predicted molar refractivity (Wildman–Crippen MR) is 39.2 cm³/mol. The van der Waals surface area contributed by atoms with Gasteiger partial charge in [-0.3, -0.25) is 9.55 Å². The van der Waals surface area contributed by atoms with Gasteiger partial charge in [0.2, 0.25) is 0 Å².